The van der Waals surface area contributed by atoms with Crippen molar-refractivity contribution in [3.63, 3.8) is 0 Å². The Hall–Kier alpha value is -1.70. The van der Waals surface area contributed by atoms with Gasteiger partial charge in [0.1, 0.15) is 11.5 Å². The van der Waals surface area contributed by atoms with Gasteiger partial charge in [-0.2, -0.15) is 0 Å². The molecule has 0 bridgehead atoms. The molecule has 2 aromatic carbocycles. The molecule has 0 unspecified atom stereocenters. The van der Waals surface area contributed by atoms with Crippen LogP contribution in [-0.2, 0) is 0 Å². The van der Waals surface area contributed by atoms with E-state index in [-0.39, 0.29) is 0 Å². The lowest BCUT2D eigenvalue weighted by Crippen LogP contribution is -2.33. The van der Waals surface area contributed by atoms with Crippen molar-refractivity contribution < 1.29 is 4.74 Å². The highest BCUT2D eigenvalue weighted by Crippen LogP contribution is 2.20. The molecule has 0 aromatic heterocycles. The summed E-state index contributed by atoms with van der Waals surface area (Å²) < 4.78 is 5.78. The van der Waals surface area contributed by atoms with Gasteiger partial charge in [0.2, 0.25) is 7.28 Å². The van der Waals surface area contributed by atoms with Crippen molar-refractivity contribution in [1.82, 2.24) is 0 Å². The molecule has 0 N–H and O–H groups in total. The van der Waals surface area contributed by atoms with E-state index in [1.807, 2.05) is 24.3 Å². The minimum Gasteiger partial charge on any atom is -0.459 e. The molecular formula is C12H9BO. The Morgan fingerprint density at radius 1 is 0.714 bits per heavy atom. The molecule has 0 atom stereocenters. The minimum atomic E-state index is 0.979. The van der Waals surface area contributed by atoms with Gasteiger partial charge in [0.25, 0.3) is 0 Å². The van der Waals surface area contributed by atoms with Gasteiger partial charge < -0.3 is 4.74 Å². The number of fused-ring (bicyclic) bond motifs is 2. The monoisotopic (exact) mass is 180 g/mol. The predicted octanol–water partition coefficient (Wildman–Crippen LogP) is 1.18. The lowest BCUT2D eigenvalue weighted by atomic mass is 9.62. The fourth-order valence-electron chi connectivity index (χ4n) is 1.82. The second kappa shape index (κ2) is 2.91. The standard InChI is InChI=1S/C12H9BO/c1-3-7-11-9(5-1)13-10-6-2-4-8-12(10)14-11/h1-8,13H. The average Bonchev–Trinajstić information content (AvgIpc) is 2.26. The van der Waals surface area contributed by atoms with E-state index in [2.05, 4.69) is 24.3 Å². The van der Waals surface area contributed by atoms with Crippen LogP contribution in [-0.4, -0.2) is 7.28 Å². The van der Waals surface area contributed by atoms with Crippen LogP contribution in [0, 0.1) is 0 Å². The maximum absolute atomic E-state index is 5.78. The molecule has 2 heteroatoms. The van der Waals surface area contributed by atoms with E-state index < -0.39 is 0 Å². The summed E-state index contributed by atoms with van der Waals surface area (Å²) in [6.07, 6.45) is 0. The zero-order valence-electron chi connectivity index (χ0n) is 7.73. The van der Waals surface area contributed by atoms with E-state index in [0.29, 0.717) is 0 Å². The third-order valence-corrected chi connectivity index (χ3v) is 2.55. The molecule has 1 heterocycles. The van der Waals surface area contributed by atoms with E-state index >= 15 is 0 Å². The molecule has 0 spiro atoms. The first kappa shape index (κ1) is 7.68. The summed E-state index contributed by atoms with van der Waals surface area (Å²) in [5.41, 5.74) is 2.54. The van der Waals surface area contributed by atoms with Gasteiger partial charge in [0.05, 0.1) is 0 Å². The van der Waals surface area contributed by atoms with Crippen LogP contribution in [0.4, 0.5) is 0 Å². The Balaban J connectivity index is 2.12. The number of benzene rings is 2. The lowest BCUT2D eigenvalue weighted by Gasteiger charge is -2.18. The molecule has 0 aliphatic carbocycles. The molecule has 0 amide bonds. The first-order valence-electron chi connectivity index (χ1n) is 4.77. The smallest absolute Gasteiger partial charge is 0.202 e. The normalized spacial score (nSPS) is 12.0. The number of hydrogen-bond donors (Lipinski definition) is 0. The summed E-state index contributed by atoms with van der Waals surface area (Å²) in [7, 11) is 0.979. The maximum Gasteiger partial charge on any atom is 0.202 e. The van der Waals surface area contributed by atoms with Gasteiger partial charge in [-0.1, -0.05) is 36.4 Å². The highest BCUT2D eigenvalue weighted by atomic mass is 16.5. The summed E-state index contributed by atoms with van der Waals surface area (Å²) in [5.74, 6) is 1.98. The van der Waals surface area contributed by atoms with Crippen molar-refractivity contribution in [1.29, 1.82) is 0 Å². The van der Waals surface area contributed by atoms with Gasteiger partial charge in [0.15, 0.2) is 0 Å². The molecule has 14 heavy (non-hydrogen) atoms. The van der Waals surface area contributed by atoms with Crippen molar-refractivity contribution in [2.24, 2.45) is 0 Å². The summed E-state index contributed by atoms with van der Waals surface area (Å²) in [4.78, 5) is 0. The molecule has 0 fully saturated rings. The lowest BCUT2D eigenvalue weighted by molar-refractivity contribution is 0.488. The third-order valence-electron chi connectivity index (χ3n) is 2.55. The van der Waals surface area contributed by atoms with E-state index in [1.165, 1.54) is 10.9 Å². The molecule has 3 rings (SSSR count). The second-order valence-corrected chi connectivity index (χ2v) is 3.49. The number of hydrogen-bond acceptors (Lipinski definition) is 1. The minimum absolute atomic E-state index is 0.979. The van der Waals surface area contributed by atoms with Crippen LogP contribution < -0.4 is 15.7 Å². The Morgan fingerprint density at radius 3 is 1.79 bits per heavy atom. The number of ether oxygens (including phenoxy) is 1. The fourth-order valence-corrected chi connectivity index (χ4v) is 1.82. The first-order chi connectivity index (χ1) is 6.93. The van der Waals surface area contributed by atoms with E-state index in [9.17, 15) is 0 Å². The van der Waals surface area contributed by atoms with Gasteiger partial charge in [-0.15, -0.1) is 0 Å². The quantitative estimate of drug-likeness (QED) is 0.472. The Labute approximate surface area is 83.6 Å². The van der Waals surface area contributed by atoms with Crippen LogP contribution in [0.5, 0.6) is 11.5 Å². The van der Waals surface area contributed by atoms with Crippen LogP contribution in [0.1, 0.15) is 0 Å². The zero-order chi connectivity index (χ0) is 9.38. The van der Waals surface area contributed by atoms with Crippen LogP contribution in [0.2, 0.25) is 0 Å². The van der Waals surface area contributed by atoms with Crippen molar-refractivity contribution in [2.75, 3.05) is 0 Å². The Kier molecular flexibility index (Phi) is 1.60. The third kappa shape index (κ3) is 1.11. The highest BCUT2D eigenvalue weighted by molar-refractivity contribution is 6.69. The molecule has 0 saturated heterocycles. The maximum atomic E-state index is 5.78. The van der Waals surface area contributed by atoms with E-state index in [0.717, 1.165) is 18.8 Å². The summed E-state index contributed by atoms with van der Waals surface area (Å²) in [6, 6.07) is 16.4. The number of para-hydroxylation sites is 2. The van der Waals surface area contributed by atoms with Crippen molar-refractivity contribution in [3.05, 3.63) is 48.5 Å². The molecule has 0 radical (unpaired) electrons. The predicted molar refractivity (Wildman–Crippen MR) is 59.4 cm³/mol. The molecule has 66 valence electrons. The van der Waals surface area contributed by atoms with Crippen molar-refractivity contribution in [2.45, 2.75) is 0 Å². The van der Waals surface area contributed by atoms with E-state index in [1.54, 1.807) is 0 Å². The summed E-state index contributed by atoms with van der Waals surface area (Å²) in [6.45, 7) is 0. The second-order valence-electron chi connectivity index (χ2n) is 3.49. The van der Waals surface area contributed by atoms with Gasteiger partial charge in [-0.25, -0.2) is 0 Å². The Morgan fingerprint density at radius 2 is 1.21 bits per heavy atom. The largest absolute Gasteiger partial charge is 0.459 e. The number of rotatable bonds is 0. The van der Waals surface area contributed by atoms with Gasteiger partial charge in [-0.3, -0.25) is 0 Å². The topological polar surface area (TPSA) is 9.23 Å². The highest BCUT2D eigenvalue weighted by Gasteiger charge is 2.16. The van der Waals surface area contributed by atoms with Crippen molar-refractivity contribution in [3.8, 4) is 11.5 Å². The van der Waals surface area contributed by atoms with Crippen LogP contribution in [0.15, 0.2) is 48.5 Å². The molecule has 0 saturated carbocycles. The van der Waals surface area contributed by atoms with Crippen molar-refractivity contribution >= 4 is 18.2 Å². The van der Waals surface area contributed by atoms with Gasteiger partial charge in [0, 0.05) is 0 Å². The SMILES string of the molecule is B1c2ccccc2Oc2ccccc21. The zero-order valence-corrected chi connectivity index (χ0v) is 7.73. The van der Waals surface area contributed by atoms with Crippen LogP contribution in [0.25, 0.3) is 0 Å². The average molecular weight is 180 g/mol. The Bertz CT molecular complexity index is 392. The molecule has 1 aliphatic rings. The van der Waals surface area contributed by atoms with Crippen LogP contribution in [0.3, 0.4) is 0 Å². The molecule has 1 nitrogen and oxygen atoms in total. The molecule has 1 aliphatic heterocycles. The van der Waals surface area contributed by atoms with Crippen LogP contribution >= 0.6 is 0 Å². The summed E-state index contributed by atoms with van der Waals surface area (Å²) in [5, 5.41) is 0. The van der Waals surface area contributed by atoms with Gasteiger partial charge in [-0.05, 0) is 23.1 Å². The summed E-state index contributed by atoms with van der Waals surface area (Å²) >= 11 is 0. The fraction of sp³-hybridized carbons (Fsp3) is 0. The first-order valence-corrected chi connectivity index (χ1v) is 4.77. The molecule has 2 aromatic rings. The van der Waals surface area contributed by atoms with E-state index in [4.69, 9.17) is 4.74 Å². The van der Waals surface area contributed by atoms with Gasteiger partial charge >= 0.3 is 0 Å². The molecular weight excluding hydrogens is 171 g/mol.